The van der Waals surface area contributed by atoms with Gasteiger partial charge in [-0.15, -0.1) is 5.10 Å². The largest absolute Gasteiger partial charge is 0.479 e. The van der Waals surface area contributed by atoms with Crippen LogP contribution in [0.15, 0.2) is 83.7 Å². The van der Waals surface area contributed by atoms with Crippen LogP contribution < -0.4 is 4.74 Å². The highest BCUT2D eigenvalue weighted by Crippen LogP contribution is 2.28. The first-order chi connectivity index (χ1) is 16.7. The summed E-state index contributed by atoms with van der Waals surface area (Å²) < 4.78 is 14.7. The molecule has 6 rings (SSSR count). The number of nitrogens with zero attached hydrogens (tertiary/aromatic N) is 7. The van der Waals surface area contributed by atoms with E-state index >= 15 is 0 Å². The number of fused-ring (bicyclic) bond motifs is 3. The third kappa shape index (κ3) is 3.32. The van der Waals surface area contributed by atoms with E-state index < -0.39 is 4.92 Å². The maximum absolute atomic E-state index is 11.2. The normalized spacial score (nSPS) is 11.3. The van der Waals surface area contributed by atoms with Crippen LogP contribution in [-0.2, 0) is 6.61 Å². The van der Waals surface area contributed by atoms with Crippen molar-refractivity contribution < 1.29 is 14.1 Å². The first kappa shape index (κ1) is 19.6. The van der Waals surface area contributed by atoms with Crippen molar-refractivity contribution in [2.75, 3.05) is 0 Å². The van der Waals surface area contributed by atoms with Gasteiger partial charge in [0, 0.05) is 6.07 Å². The Morgan fingerprint density at radius 2 is 1.82 bits per heavy atom. The van der Waals surface area contributed by atoms with Crippen LogP contribution in [-0.4, -0.2) is 34.3 Å². The van der Waals surface area contributed by atoms with Gasteiger partial charge in [0.2, 0.25) is 5.82 Å². The zero-order valence-electron chi connectivity index (χ0n) is 17.5. The second-order valence-corrected chi connectivity index (χ2v) is 7.36. The third-order valence-corrected chi connectivity index (χ3v) is 5.22. The molecule has 11 nitrogen and oxygen atoms in total. The minimum absolute atomic E-state index is 0.0217. The van der Waals surface area contributed by atoms with Crippen LogP contribution in [0.3, 0.4) is 0 Å². The highest BCUT2D eigenvalue weighted by molar-refractivity contribution is 5.89. The van der Waals surface area contributed by atoms with E-state index in [9.17, 15) is 10.1 Å². The van der Waals surface area contributed by atoms with Crippen molar-refractivity contribution in [3.05, 3.63) is 95.1 Å². The number of nitro groups is 1. The summed E-state index contributed by atoms with van der Waals surface area (Å²) in [5.41, 5.74) is 2.04. The van der Waals surface area contributed by atoms with E-state index in [1.165, 1.54) is 6.07 Å². The fraction of sp³-hybridized carbons (Fsp3) is 0.0435. The summed E-state index contributed by atoms with van der Waals surface area (Å²) >= 11 is 0. The van der Waals surface area contributed by atoms with Gasteiger partial charge in [0.1, 0.15) is 18.7 Å². The molecule has 0 atom stereocenters. The van der Waals surface area contributed by atoms with E-state index in [2.05, 4.69) is 20.2 Å². The number of furan rings is 1. The van der Waals surface area contributed by atoms with Gasteiger partial charge in [-0.25, -0.2) is 19.2 Å². The Kier molecular flexibility index (Phi) is 4.51. The highest BCUT2D eigenvalue weighted by atomic mass is 16.6. The monoisotopic (exact) mass is 453 g/mol. The Bertz CT molecular complexity index is 1650. The summed E-state index contributed by atoms with van der Waals surface area (Å²) in [6, 6.07) is 19.3. The molecular formula is C23H15N7O4. The number of hydrogen-bond acceptors (Lipinski definition) is 8. The Hall–Kier alpha value is -5.06. The summed E-state index contributed by atoms with van der Waals surface area (Å²) in [6.07, 6.45) is 3.29. The van der Waals surface area contributed by atoms with E-state index in [-0.39, 0.29) is 18.0 Å². The van der Waals surface area contributed by atoms with E-state index in [0.717, 1.165) is 11.1 Å². The number of ether oxygens (including phenoxy) is 1. The lowest BCUT2D eigenvalue weighted by Crippen LogP contribution is -1.98. The van der Waals surface area contributed by atoms with Crippen LogP contribution in [0.2, 0.25) is 0 Å². The van der Waals surface area contributed by atoms with Crippen molar-refractivity contribution in [1.82, 2.24) is 29.4 Å². The molecule has 0 N–H and O–H groups in total. The van der Waals surface area contributed by atoms with E-state index in [4.69, 9.17) is 9.15 Å². The smallest absolute Gasteiger partial charge is 0.310 e. The van der Waals surface area contributed by atoms with Gasteiger partial charge in [-0.3, -0.25) is 10.1 Å². The lowest BCUT2D eigenvalue weighted by Gasteiger charge is -2.04. The van der Waals surface area contributed by atoms with Crippen LogP contribution in [0.1, 0.15) is 5.76 Å². The molecule has 0 amide bonds. The first-order valence-electron chi connectivity index (χ1n) is 10.3. The molecule has 0 aliphatic heterocycles. The van der Waals surface area contributed by atoms with Crippen molar-refractivity contribution in [3.8, 4) is 23.0 Å². The molecule has 2 aromatic carbocycles. The summed E-state index contributed by atoms with van der Waals surface area (Å²) in [5.74, 6) is 1.46. The lowest BCUT2D eigenvalue weighted by atomic mass is 10.3. The maximum atomic E-state index is 11.2. The lowest BCUT2D eigenvalue weighted by molar-refractivity contribution is -0.386. The number of aromatic nitrogens is 6. The zero-order valence-corrected chi connectivity index (χ0v) is 17.5. The number of benzene rings is 2. The van der Waals surface area contributed by atoms with Gasteiger partial charge in [-0.05, 0) is 30.3 Å². The second-order valence-electron chi connectivity index (χ2n) is 7.36. The van der Waals surface area contributed by atoms with Crippen LogP contribution in [0.5, 0.6) is 5.75 Å². The molecule has 0 radical (unpaired) electrons. The quantitative estimate of drug-likeness (QED) is 0.271. The van der Waals surface area contributed by atoms with Crippen LogP contribution in [0, 0.1) is 10.1 Å². The molecule has 6 aromatic rings. The van der Waals surface area contributed by atoms with Gasteiger partial charge in [0.05, 0.1) is 22.2 Å². The Morgan fingerprint density at radius 1 is 1.00 bits per heavy atom. The number of rotatable bonds is 6. The predicted molar refractivity (Wildman–Crippen MR) is 121 cm³/mol. The van der Waals surface area contributed by atoms with Crippen molar-refractivity contribution >= 4 is 22.4 Å². The van der Waals surface area contributed by atoms with Gasteiger partial charge in [0.15, 0.2) is 22.8 Å². The minimum Gasteiger partial charge on any atom is -0.479 e. The van der Waals surface area contributed by atoms with E-state index in [1.807, 2.05) is 30.3 Å². The molecule has 0 aliphatic carbocycles. The molecule has 0 aliphatic rings. The third-order valence-electron chi connectivity index (χ3n) is 5.22. The average molecular weight is 453 g/mol. The second kappa shape index (κ2) is 7.81. The molecule has 0 fully saturated rings. The number of para-hydroxylation sites is 3. The first-order valence-corrected chi connectivity index (χ1v) is 10.3. The maximum Gasteiger partial charge on any atom is 0.310 e. The standard InChI is InChI=1S/C23H15N7O4/c31-30(32)18-8-4-5-9-19(18)33-13-16-10-11-20(34-16)21-26-23-17-12-25-29(15-6-2-1-3-7-15)22(17)24-14-28(23)27-21/h1-12,14H,13H2. The fourth-order valence-corrected chi connectivity index (χ4v) is 3.64. The molecule has 0 spiro atoms. The van der Waals surface area contributed by atoms with Crippen molar-refractivity contribution in [3.63, 3.8) is 0 Å². The van der Waals surface area contributed by atoms with Crippen molar-refractivity contribution in [2.24, 2.45) is 0 Å². The van der Waals surface area contributed by atoms with E-state index in [0.29, 0.717) is 28.6 Å². The fourth-order valence-electron chi connectivity index (χ4n) is 3.64. The molecule has 0 saturated heterocycles. The molecule has 4 aromatic heterocycles. The van der Waals surface area contributed by atoms with Crippen LogP contribution >= 0.6 is 0 Å². The van der Waals surface area contributed by atoms with Gasteiger partial charge in [0.25, 0.3) is 0 Å². The summed E-state index contributed by atoms with van der Waals surface area (Å²) in [6.45, 7) is 0.0217. The Balaban J connectivity index is 1.29. The van der Waals surface area contributed by atoms with Crippen LogP contribution in [0.4, 0.5) is 5.69 Å². The van der Waals surface area contributed by atoms with Crippen molar-refractivity contribution in [2.45, 2.75) is 6.61 Å². The van der Waals surface area contributed by atoms with Crippen LogP contribution in [0.25, 0.3) is 34.0 Å². The minimum atomic E-state index is -0.488. The summed E-state index contributed by atoms with van der Waals surface area (Å²) in [4.78, 5) is 19.8. The van der Waals surface area contributed by atoms with Gasteiger partial charge >= 0.3 is 5.69 Å². The average Bonchev–Trinajstić information content (AvgIpc) is 3.60. The Morgan fingerprint density at radius 3 is 2.68 bits per heavy atom. The molecule has 0 unspecified atom stereocenters. The summed E-state index contributed by atoms with van der Waals surface area (Å²) in [7, 11) is 0. The molecular weight excluding hydrogens is 438 g/mol. The molecule has 4 heterocycles. The highest BCUT2D eigenvalue weighted by Gasteiger charge is 2.18. The SMILES string of the molecule is O=[N+]([O-])c1ccccc1OCc1ccc(-c2nc3c4cnn(-c5ccccc5)c4ncn3n2)o1. The zero-order chi connectivity index (χ0) is 23.1. The van der Waals surface area contributed by atoms with Gasteiger partial charge in [-0.1, -0.05) is 30.3 Å². The van der Waals surface area contributed by atoms with Gasteiger partial charge < -0.3 is 9.15 Å². The summed E-state index contributed by atoms with van der Waals surface area (Å²) in [5, 5.41) is 20.8. The van der Waals surface area contributed by atoms with E-state index in [1.54, 1.807) is 52.1 Å². The molecule has 166 valence electrons. The molecule has 0 saturated carbocycles. The molecule has 34 heavy (non-hydrogen) atoms. The molecule has 11 heteroatoms. The topological polar surface area (TPSA) is 126 Å². The van der Waals surface area contributed by atoms with Crippen molar-refractivity contribution in [1.29, 1.82) is 0 Å². The number of hydrogen-bond donors (Lipinski definition) is 0. The number of nitro benzene ring substituents is 1. The Labute approximate surface area is 191 Å². The van der Waals surface area contributed by atoms with Gasteiger partial charge in [-0.2, -0.15) is 5.10 Å². The molecule has 0 bridgehead atoms. The predicted octanol–water partition coefficient (Wildman–Crippen LogP) is 4.21.